The minimum Gasteiger partial charge on any atom is -0.465 e. The highest BCUT2D eigenvalue weighted by Crippen LogP contribution is 2.24. The van der Waals surface area contributed by atoms with Crippen LogP contribution >= 0.6 is 0 Å². The number of hydrogen-bond donors (Lipinski definition) is 3. The monoisotopic (exact) mass is 588 g/mol. The van der Waals surface area contributed by atoms with E-state index in [4.69, 9.17) is 9.26 Å². The van der Waals surface area contributed by atoms with Crippen LogP contribution in [-0.4, -0.2) is 77.0 Å². The third-order valence-electron chi connectivity index (χ3n) is 6.23. The Morgan fingerprint density at radius 3 is 2.29 bits per heavy atom. The molecule has 0 saturated heterocycles. The smallest absolute Gasteiger partial charge is 0.404 e. The average molecular weight is 589 g/mol. The maximum absolute atomic E-state index is 13.7. The van der Waals surface area contributed by atoms with Gasteiger partial charge < -0.3 is 24.8 Å². The Labute approximate surface area is 239 Å². The number of carbonyl (C=O) groups excluding carboxylic acids is 1. The van der Waals surface area contributed by atoms with Gasteiger partial charge >= 0.3 is 12.1 Å². The number of amides is 1. The second-order valence-electron chi connectivity index (χ2n) is 9.98. The van der Waals surface area contributed by atoms with Gasteiger partial charge in [-0.05, 0) is 56.0 Å². The van der Waals surface area contributed by atoms with Crippen molar-refractivity contribution in [3.05, 3.63) is 66.1 Å². The van der Waals surface area contributed by atoms with Crippen LogP contribution in [0.1, 0.15) is 45.1 Å². The predicted molar refractivity (Wildman–Crippen MR) is 149 cm³/mol. The molecule has 0 aliphatic carbocycles. The largest absolute Gasteiger partial charge is 0.465 e. The minimum atomic E-state index is -4.08. The summed E-state index contributed by atoms with van der Waals surface area (Å²) in [7, 11) is -4.08. The normalized spacial score (nSPS) is 14.0. The van der Waals surface area contributed by atoms with Crippen LogP contribution in [0.3, 0.4) is 0 Å². The number of aromatic nitrogens is 2. The molecule has 3 aromatic rings. The fourth-order valence-corrected chi connectivity index (χ4v) is 5.77. The van der Waals surface area contributed by atoms with Gasteiger partial charge in [0.1, 0.15) is 5.92 Å². The first-order valence-electron chi connectivity index (χ1n) is 13.2. The predicted octanol–water partition coefficient (Wildman–Crippen LogP) is 3.29. The van der Waals surface area contributed by atoms with Crippen LogP contribution in [0.15, 0.2) is 64.0 Å². The Morgan fingerprint density at radius 1 is 1.05 bits per heavy atom. The summed E-state index contributed by atoms with van der Waals surface area (Å²) in [6.45, 7) is 6.97. The van der Waals surface area contributed by atoms with Crippen molar-refractivity contribution in [2.75, 3.05) is 19.7 Å². The van der Waals surface area contributed by atoms with Gasteiger partial charge in [0.05, 0.1) is 23.6 Å². The molecular weight excluding hydrogens is 552 g/mol. The van der Waals surface area contributed by atoms with Crippen molar-refractivity contribution in [3.63, 3.8) is 0 Å². The second kappa shape index (κ2) is 14.2. The van der Waals surface area contributed by atoms with Crippen molar-refractivity contribution in [1.82, 2.24) is 19.8 Å². The first-order valence-corrected chi connectivity index (χ1v) is 14.7. The molecule has 3 atom stereocenters. The van der Waals surface area contributed by atoms with Crippen molar-refractivity contribution in [3.8, 4) is 11.4 Å². The standard InChI is InChI=1S/C28H36N4O8S/c1-5-39-27(34)19(4)26-30-25(31-40-26)21-11-13-22(14-12-21)41(37,38)32(16-18(2)3)17-24(33)23(29-28(35)36)15-20-9-7-6-8-10-20/h6-14,18-19,23-24,29,33H,5,15-17H2,1-4H3,(H,35,36)/t19?,23-,24+/m0/s1. The van der Waals surface area contributed by atoms with E-state index in [2.05, 4.69) is 15.5 Å². The fourth-order valence-electron chi connectivity index (χ4n) is 4.15. The Bertz CT molecular complexity index is 1390. The summed E-state index contributed by atoms with van der Waals surface area (Å²) in [6.07, 6.45) is -2.46. The van der Waals surface area contributed by atoms with E-state index >= 15 is 0 Å². The molecule has 3 N–H and O–H groups in total. The molecule has 13 heteroatoms. The van der Waals surface area contributed by atoms with Crippen molar-refractivity contribution >= 4 is 22.1 Å². The summed E-state index contributed by atoms with van der Waals surface area (Å²) in [4.78, 5) is 27.6. The quantitative estimate of drug-likeness (QED) is 0.237. The van der Waals surface area contributed by atoms with E-state index in [1.807, 2.05) is 19.9 Å². The van der Waals surface area contributed by atoms with Crippen molar-refractivity contribution in [1.29, 1.82) is 0 Å². The Morgan fingerprint density at radius 2 is 1.71 bits per heavy atom. The lowest BCUT2D eigenvalue weighted by Crippen LogP contribution is -2.50. The van der Waals surface area contributed by atoms with Gasteiger partial charge in [0.15, 0.2) is 0 Å². The highest BCUT2D eigenvalue weighted by atomic mass is 32.2. The molecule has 0 saturated carbocycles. The molecule has 3 rings (SSSR count). The lowest BCUT2D eigenvalue weighted by Gasteiger charge is -2.30. The molecule has 41 heavy (non-hydrogen) atoms. The zero-order chi connectivity index (χ0) is 30.2. The van der Waals surface area contributed by atoms with E-state index in [0.29, 0.717) is 5.56 Å². The van der Waals surface area contributed by atoms with E-state index < -0.39 is 40.1 Å². The molecule has 0 aliphatic rings. The molecule has 0 bridgehead atoms. The Kier molecular flexibility index (Phi) is 11.0. The number of aliphatic hydroxyl groups is 1. The third-order valence-corrected chi connectivity index (χ3v) is 8.08. The van der Waals surface area contributed by atoms with Crippen LogP contribution in [-0.2, 0) is 26.0 Å². The number of ether oxygens (including phenoxy) is 1. The van der Waals surface area contributed by atoms with Gasteiger partial charge in [0.2, 0.25) is 21.7 Å². The number of carbonyl (C=O) groups is 2. The van der Waals surface area contributed by atoms with Gasteiger partial charge in [0.25, 0.3) is 0 Å². The number of esters is 1. The first kappa shape index (κ1) is 31.7. The molecule has 0 fully saturated rings. The fraction of sp³-hybridized carbons (Fsp3) is 0.429. The Balaban J connectivity index is 1.81. The van der Waals surface area contributed by atoms with Gasteiger partial charge in [-0.1, -0.05) is 49.3 Å². The maximum atomic E-state index is 13.7. The number of nitrogens with zero attached hydrogens (tertiary/aromatic N) is 3. The van der Waals surface area contributed by atoms with Gasteiger partial charge in [0, 0.05) is 18.7 Å². The SMILES string of the molecule is CCOC(=O)C(C)c1nc(-c2ccc(S(=O)(=O)N(CC(C)C)C[C@@H](O)[C@H](Cc3ccccc3)NC(=O)O)cc2)no1. The number of nitrogens with one attached hydrogen (secondary N) is 1. The molecule has 1 heterocycles. The van der Waals surface area contributed by atoms with Gasteiger partial charge in [-0.25, -0.2) is 13.2 Å². The van der Waals surface area contributed by atoms with Crippen LogP contribution in [0.25, 0.3) is 11.4 Å². The lowest BCUT2D eigenvalue weighted by molar-refractivity contribution is -0.145. The van der Waals surface area contributed by atoms with Crippen molar-refractivity contribution < 1.29 is 37.5 Å². The second-order valence-corrected chi connectivity index (χ2v) is 11.9. The molecule has 0 radical (unpaired) electrons. The van der Waals surface area contributed by atoms with Crippen LogP contribution in [0.4, 0.5) is 4.79 Å². The number of hydrogen-bond acceptors (Lipinski definition) is 9. The van der Waals surface area contributed by atoms with Gasteiger partial charge in [-0.15, -0.1) is 0 Å². The highest BCUT2D eigenvalue weighted by molar-refractivity contribution is 7.89. The molecular formula is C28H36N4O8S. The van der Waals surface area contributed by atoms with Crippen LogP contribution in [0.2, 0.25) is 0 Å². The number of sulfonamides is 1. The summed E-state index contributed by atoms with van der Waals surface area (Å²) in [5.74, 6) is -1.07. The van der Waals surface area contributed by atoms with E-state index in [9.17, 15) is 28.2 Å². The summed E-state index contributed by atoms with van der Waals surface area (Å²) >= 11 is 0. The zero-order valence-corrected chi connectivity index (χ0v) is 24.2. The average Bonchev–Trinajstić information content (AvgIpc) is 3.42. The number of benzene rings is 2. The molecule has 2 aromatic carbocycles. The van der Waals surface area contributed by atoms with Crippen molar-refractivity contribution in [2.45, 2.75) is 57.1 Å². The van der Waals surface area contributed by atoms with E-state index in [1.54, 1.807) is 38.1 Å². The van der Waals surface area contributed by atoms with E-state index in [-0.39, 0.29) is 48.6 Å². The molecule has 0 aliphatic heterocycles. The number of carboxylic acid groups (broad SMARTS) is 1. The number of aliphatic hydroxyl groups excluding tert-OH is 1. The highest BCUT2D eigenvalue weighted by Gasteiger charge is 2.31. The molecule has 0 spiro atoms. The van der Waals surface area contributed by atoms with E-state index in [1.165, 1.54) is 24.3 Å². The third kappa shape index (κ3) is 8.59. The first-order chi connectivity index (χ1) is 19.4. The lowest BCUT2D eigenvalue weighted by atomic mass is 10.0. The zero-order valence-electron chi connectivity index (χ0n) is 23.4. The minimum absolute atomic E-state index is 0.0245. The van der Waals surface area contributed by atoms with Crippen LogP contribution in [0.5, 0.6) is 0 Å². The molecule has 1 aromatic heterocycles. The molecule has 1 unspecified atom stereocenters. The molecule has 222 valence electrons. The topological polar surface area (TPSA) is 172 Å². The molecule has 1 amide bonds. The van der Waals surface area contributed by atoms with Crippen molar-refractivity contribution in [2.24, 2.45) is 5.92 Å². The summed E-state index contributed by atoms with van der Waals surface area (Å²) < 4.78 is 38.7. The maximum Gasteiger partial charge on any atom is 0.404 e. The summed E-state index contributed by atoms with van der Waals surface area (Å²) in [5, 5.41) is 26.6. The van der Waals surface area contributed by atoms with Crippen LogP contribution < -0.4 is 5.32 Å². The number of rotatable bonds is 14. The van der Waals surface area contributed by atoms with Crippen LogP contribution in [0, 0.1) is 5.92 Å². The van der Waals surface area contributed by atoms with E-state index in [0.717, 1.165) is 9.87 Å². The Hall–Kier alpha value is -3.81. The van der Waals surface area contributed by atoms with Gasteiger partial charge in [-0.3, -0.25) is 4.79 Å². The van der Waals surface area contributed by atoms with Gasteiger partial charge in [-0.2, -0.15) is 9.29 Å². The summed E-state index contributed by atoms with van der Waals surface area (Å²) in [6, 6.07) is 13.9. The molecule has 12 nitrogen and oxygen atoms in total. The summed E-state index contributed by atoms with van der Waals surface area (Å²) in [5.41, 5.74) is 1.26.